The highest BCUT2D eigenvalue weighted by Gasteiger charge is 2.42. The number of carboxylic acid groups (broad SMARTS) is 1. The molecule has 1 rings (SSSR count). The van der Waals surface area contributed by atoms with Gasteiger partial charge in [0.05, 0.1) is 5.92 Å². The van der Waals surface area contributed by atoms with Crippen LogP contribution in [0.1, 0.15) is 25.7 Å². The van der Waals surface area contributed by atoms with Gasteiger partial charge in [-0.1, -0.05) is 0 Å². The zero-order chi connectivity index (χ0) is 12.3. The molecule has 0 radical (unpaired) electrons. The molecule has 0 atom stereocenters. The Morgan fingerprint density at radius 1 is 1.12 bits per heavy atom. The highest BCUT2D eigenvalue weighted by atomic mass is 19.4. The van der Waals surface area contributed by atoms with Gasteiger partial charge in [-0.2, -0.15) is 13.2 Å². The van der Waals surface area contributed by atoms with Crippen molar-refractivity contribution < 1.29 is 32.6 Å². The van der Waals surface area contributed by atoms with Crippen molar-refractivity contribution in [3.05, 3.63) is 0 Å². The molecule has 0 aromatic rings. The van der Waals surface area contributed by atoms with Crippen molar-refractivity contribution in [2.24, 2.45) is 5.92 Å². The van der Waals surface area contributed by atoms with E-state index < -0.39 is 30.1 Å². The predicted molar refractivity (Wildman–Crippen MR) is 45.5 cm³/mol. The fraction of sp³-hybridized carbons (Fsp3) is 0.778. The SMILES string of the molecule is O=C(O)C1CCC(OC(=O)C(F)(F)F)CC1. The lowest BCUT2D eigenvalue weighted by atomic mass is 9.87. The van der Waals surface area contributed by atoms with Gasteiger partial charge in [-0.3, -0.25) is 4.79 Å². The van der Waals surface area contributed by atoms with Gasteiger partial charge in [0, 0.05) is 0 Å². The fourth-order valence-electron chi connectivity index (χ4n) is 1.65. The number of carbonyl (C=O) groups is 2. The van der Waals surface area contributed by atoms with Gasteiger partial charge < -0.3 is 9.84 Å². The molecule has 16 heavy (non-hydrogen) atoms. The molecule has 1 N–H and O–H groups in total. The fourth-order valence-corrected chi connectivity index (χ4v) is 1.65. The van der Waals surface area contributed by atoms with Crippen molar-refractivity contribution in [3.63, 3.8) is 0 Å². The molecule has 0 bridgehead atoms. The molecule has 1 saturated carbocycles. The second-order valence-electron chi connectivity index (χ2n) is 3.71. The first-order chi connectivity index (χ1) is 7.30. The first kappa shape index (κ1) is 12.8. The minimum absolute atomic E-state index is 0.165. The van der Waals surface area contributed by atoms with Crippen LogP contribution in [0.5, 0.6) is 0 Å². The van der Waals surface area contributed by atoms with Crippen LogP contribution >= 0.6 is 0 Å². The molecule has 0 aliphatic heterocycles. The van der Waals surface area contributed by atoms with E-state index in [1.807, 2.05) is 0 Å². The van der Waals surface area contributed by atoms with E-state index in [-0.39, 0.29) is 25.7 Å². The Labute approximate surface area is 89.4 Å². The zero-order valence-corrected chi connectivity index (χ0v) is 8.29. The minimum Gasteiger partial charge on any atom is -0.481 e. The maximum absolute atomic E-state index is 11.8. The van der Waals surface area contributed by atoms with Gasteiger partial charge in [0.1, 0.15) is 6.10 Å². The van der Waals surface area contributed by atoms with Crippen LogP contribution < -0.4 is 0 Å². The maximum atomic E-state index is 11.8. The Morgan fingerprint density at radius 3 is 2.00 bits per heavy atom. The molecule has 0 heterocycles. The summed E-state index contributed by atoms with van der Waals surface area (Å²) in [6.45, 7) is 0. The van der Waals surface area contributed by atoms with E-state index in [1.165, 1.54) is 0 Å². The number of hydrogen-bond donors (Lipinski definition) is 1. The monoisotopic (exact) mass is 240 g/mol. The molecule has 7 heteroatoms. The summed E-state index contributed by atoms with van der Waals surface area (Å²) in [6.07, 6.45) is -4.98. The molecule has 1 aliphatic carbocycles. The number of rotatable bonds is 2. The number of carboxylic acids is 1. The summed E-state index contributed by atoms with van der Waals surface area (Å²) in [7, 11) is 0. The number of aliphatic carboxylic acids is 1. The third kappa shape index (κ3) is 3.39. The molecule has 1 aliphatic rings. The highest BCUT2D eigenvalue weighted by molar-refractivity contribution is 5.75. The first-order valence-corrected chi connectivity index (χ1v) is 4.81. The van der Waals surface area contributed by atoms with Crippen molar-refractivity contribution in [1.82, 2.24) is 0 Å². The second-order valence-corrected chi connectivity index (χ2v) is 3.71. The molecular formula is C9H11F3O4. The Bertz CT molecular complexity index is 279. The smallest absolute Gasteiger partial charge is 0.481 e. The van der Waals surface area contributed by atoms with E-state index in [0.717, 1.165) is 0 Å². The van der Waals surface area contributed by atoms with Crippen LogP contribution in [0, 0.1) is 5.92 Å². The van der Waals surface area contributed by atoms with Crippen molar-refractivity contribution in [2.45, 2.75) is 38.0 Å². The molecule has 0 unspecified atom stereocenters. The number of alkyl halides is 3. The topological polar surface area (TPSA) is 63.6 Å². The molecule has 0 spiro atoms. The molecule has 0 saturated heterocycles. The van der Waals surface area contributed by atoms with Crippen molar-refractivity contribution in [1.29, 1.82) is 0 Å². The lowest BCUT2D eigenvalue weighted by molar-refractivity contribution is -0.206. The lowest BCUT2D eigenvalue weighted by Crippen LogP contribution is -2.33. The molecule has 0 aromatic carbocycles. The average Bonchev–Trinajstić information content (AvgIpc) is 2.17. The van der Waals surface area contributed by atoms with Gasteiger partial charge in [-0.15, -0.1) is 0 Å². The normalized spacial score (nSPS) is 26.2. The summed E-state index contributed by atoms with van der Waals surface area (Å²) in [5.74, 6) is -3.70. The summed E-state index contributed by atoms with van der Waals surface area (Å²) in [5.41, 5.74) is 0. The second kappa shape index (κ2) is 4.71. The third-order valence-corrected chi connectivity index (χ3v) is 2.53. The zero-order valence-electron chi connectivity index (χ0n) is 8.29. The number of ether oxygens (including phenoxy) is 1. The van der Waals surface area contributed by atoms with Gasteiger partial charge in [-0.05, 0) is 25.7 Å². The van der Waals surface area contributed by atoms with Gasteiger partial charge in [0.25, 0.3) is 0 Å². The molecular weight excluding hydrogens is 229 g/mol. The molecule has 92 valence electrons. The van der Waals surface area contributed by atoms with Gasteiger partial charge in [0.15, 0.2) is 0 Å². The Hall–Kier alpha value is -1.27. The Kier molecular flexibility index (Phi) is 3.77. The quantitative estimate of drug-likeness (QED) is 0.746. The number of hydrogen-bond acceptors (Lipinski definition) is 3. The lowest BCUT2D eigenvalue weighted by Gasteiger charge is -2.26. The van der Waals surface area contributed by atoms with Crippen LogP contribution in [-0.4, -0.2) is 29.3 Å². The van der Waals surface area contributed by atoms with E-state index in [9.17, 15) is 22.8 Å². The van der Waals surface area contributed by atoms with Gasteiger partial charge in [0.2, 0.25) is 0 Å². The average molecular weight is 240 g/mol. The predicted octanol–water partition coefficient (Wildman–Crippen LogP) is 1.74. The maximum Gasteiger partial charge on any atom is 0.490 e. The Balaban J connectivity index is 2.38. The van der Waals surface area contributed by atoms with Crippen LogP contribution in [0.3, 0.4) is 0 Å². The van der Waals surface area contributed by atoms with E-state index in [2.05, 4.69) is 4.74 Å². The molecule has 1 fully saturated rings. The molecule has 0 amide bonds. The van der Waals surface area contributed by atoms with Crippen molar-refractivity contribution in [3.8, 4) is 0 Å². The van der Waals surface area contributed by atoms with E-state index in [4.69, 9.17) is 5.11 Å². The minimum atomic E-state index is -4.98. The summed E-state index contributed by atoms with van der Waals surface area (Å²) < 4.78 is 39.7. The summed E-state index contributed by atoms with van der Waals surface area (Å²) >= 11 is 0. The van der Waals surface area contributed by atoms with E-state index in [1.54, 1.807) is 0 Å². The summed E-state index contributed by atoms with van der Waals surface area (Å²) in [5, 5.41) is 8.65. The first-order valence-electron chi connectivity index (χ1n) is 4.81. The standard InChI is InChI=1S/C9H11F3O4/c10-9(11,12)8(15)16-6-3-1-5(2-4-6)7(13)14/h5-6H,1-4H2,(H,13,14). The van der Waals surface area contributed by atoms with Gasteiger partial charge >= 0.3 is 18.1 Å². The number of esters is 1. The Morgan fingerprint density at radius 2 is 1.62 bits per heavy atom. The van der Waals surface area contributed by atoms with Crippen molar-refractivity contribution in [2.75, 3.05) is 0 Å². The summed E-state index contributed by atoms with van der Waals surface area (Å²) in [4.78, 5) is 21.0. The largest absolute Gasteiger partial charge is 0.490 e. The number of carbonyl (C=O) groups excluding carboxylic acids is 1. The van der Waals surface area contributed by atoms with E-state index >= 15 is 0 Å². The van der Waals surface area contributed by atoms with Crippen molar-refractivity contribution >= 4 is 11.9 Å². The van der Waals surface area contributed by atoms with Crippen LogP contribution in [0.15, 0.2) is 0 Å². The third-order valence-electron chi connectivity index (χ3n) is 2.53. The molecule has 0 aromatic heterocycles. The highest BCUT2D eigenvalue weighted by Crippen LogP contribution is 2.28. The van der Waals surface area contributed by atoms with Crippen LogP contribution in [0.2, 0.25) is 0 Å². The van der Waals surface area contributed by atoms with Crippen LogP contribution in [-0.2, 0) is 14.3 Å². The van der Waals surface area contributed by atoms with Crippen LogP contribution in [0.25, 0.3) is 0 Å². The van der Waals surface area contributed by atoms with Gasteiger partial charge in [-0.25, -0.2) is 4.79 Å². The molecule has 4 nitrogen and oxygen atoms in total. The van der Waals surface area contributed by atoms with Crippen LogP contribution in [0.4, 0.5) is 13.2 Å². The summed E-state index contributed by atoms with van der Waals surface area (Å²) in [6, 6.07) is 0. The number of halogens is 3. The van der Waals surface area contributed by atoms with E-state index in [0.29, 0.717) is 0 Å².